The van der Waals surface area contributed by atoms with Crippen molar-refractivity contribution in [2.24, 2.45) is 0 Å². The fourth-order valence-electron chi connectivity index (χ4n) is 2.87. The van der Waals surface area contributed by atoms with Crippen molar-refractivity contribution < 1.29 is 4.39 Å². The molecule has 1 atom stereocenters. The van der Waals surface area contributed by atoms with Crippen molar-refractivity contribution in [3.63, 3.8) is 0 Å². The van der Waals surface area contributed by atoms with Crippen molar-refractivity contribution in [3.05, 3.63) is 29.6 Å². The van der Waals surface area contributed by atoms with Crippen LogP contribution in [0.25, 0.3) is 0 Å². The molecule has 0 aromatic heterocycles. The van der Waals surface area contributed by atoms with E-state index in [0.29, 0.717) is 12.1 Å². The Morgan fingerprint density at radius 1 is 1.25 bits per heavy atom. The number of benzene rings is 1. The van der Waals surface area contributed by atoms with Crippen molar-refractivity contribution >= 4 is 5.69 Å². The standard InChI is InChI=1S/C16H24FN3/c1-19(2)15-5-6-20(11-15)16-8-12(7-13(17)9-16)10-18-14-3-4-14/h7-9,14-15,18H,3-6,10-11H2,1-2H3. The van der Waals surface area contributed by atoms with Crippen LogP contribution in [0, 0.1) is 5.82 Å². The van der Waals surface area contributed by atoms with Gasteiger partial charge < -0.3 is 15.1 Å². The van der Waals surface area contributed by atoms with Crippen molar-refractivity contribution in [1.29, 1.82) is 0 Å². The summed E-state index contributed by atoms with van der Waals surface area (Å²) in [6.07, 6.45) is 3.68. The maximum Gasteiger partial charge on any atom is 0.125 e. The molecule has 2 fully saturated rings. The maximum atomic E-state index is 13.8. The van der Waals surface area contributed by atoms with Crippen LogP contribution in [-0.2, 0) is 6.54 Å². The van der Waals surface area contributed by atoms with E-state index in [1.807, 2.05) is 0 Å². The van der Waals surface area contributed by atoms with E-state index in [1.165, 1.54) is 12.8 Å². The van der Waals surface area contributed by atoms with Gasteiger partial charge in [-0.15, -0.1) is 0 Å². The average molecular weight is 277 g/mol. The number of hydrogen-bond donors (Lipinski definition) is 1. The zero-order valence-corrected chi connectivity index (χ0v) is 12.4. The number of nitrogens with one attached hydrogen (secondary N) is 1. The second-order valence-corrected chi connectivity index (χ2v) is 6.32. The van der Waals surface area contributed by atoms with E-state index < -0.39 is 0 Å². The topological polar surface area (TPSA) is 18.5 Å². The van der Waals surface area contributed by atoms with Crippen molar-refractivity contribution in [3.8, 4) is 0 Å². The average Bonchev–Trinajstić information content (AvgIpc) is 3.09. The van der Waals surface area contributed by atoms with Crippen molar-refractivity contribution in [1.82, 2.24) is 10.2 Å². The van der Waals surface area contributed by atoms with Crippen LogP contribution in [0.15, 0.2) is 18.2 Å². The summed E-state index contributed by atoms with van der Waals surface area (Å²) in [6, 6.07) is 6.69. The summed E-state index contributed by atoms with van der Waals surface area (Å²) in [5.41, 5.74) is 2.09. The highest BCUT2D eigenvalue weighted by Gasteiger charge is 2.25. The van der Waals surface area contributed by atoms with Gasteiger partial charge >= 0.3 is 0 Å². The summed E-state index contributed by atoms with van der Waals surface area (Å²) in [5, 5.41) is 3.45. The SMILES string of the molecule is CN(C)C1CCN(c2cc(F)cc(CNC3CC3)c2)C1. The van der Waals surface area contributed by atoms with Gasteiger partial charge in [0, 0.05) is 37.4 Å². The van der Waals surface area contributed by atoms with Gasteiger partial charge in [0.25, 0.3) is 0 Å². The molecule has 1 aromatic carbocycles. The number of hydrogen-bond acceptors (Lipinski definition) is 3. The van der Waals surface area contributed by atoms with E-state index in [4.69, 9.17) is 0 Å². The molecule has 2 aliphatic rings. The molecule has 3 nitrogen and oxygen atoms in total. The molecule has 1 unspecified atom stereocenters. The molecule has 1 saturated heterocycles. The molecule has 0 amide bonds. The molecule has 20 heavy (non-hydrogen) atoms. The van der Waals surface area contributed by atoms with Gasteiger partial charge in [0.1, 0.15) is 5.82 Å². The second-order valence-electron chi connectivity index (χ2n) is 6.32. The molecular weight excluding hydrogens is 253 g/mol. The predicted molar refractivity (Wildman–Crippen MR) is 80.6 cm³/mol. The van der Waals surface area contributed by atoms with Gasteiger partial charge in [0.05, 0.1) is 0 Å². The highest BCUT2D eigenvalue weighted by atomic mass is 19.1. The van der Waals surface area contributed by atoms with Gasteiger partial charge in [-0.2, -0.15) is 0 Å². The normalized spacial score (nSPS) is 22.8. The molecule has 4 heteroatoms. The Bertz CT molecular complexity index is 471. The first kappa shape index (κ1) is 13.8. The maximum absolute atomic E-state index is 13.8. The van der Waals surface area contributed by atoms with Crippen LogP contribution in [0.2, 0.25) is 0 Å². The lowest BCUT2D eigenvalue weighted by Gasteiger charge is -2.22. The van der Waals surface area contributed by atoms with Gasteiger partial charge in [0.15, 0.2) is 0 Å². The first-order chi connectivity index (χ1) is 9.61. The first-order valence-electron chi connectivity index (χ1n) is 7.56. The molecule has 0 spiro atoms. The third-order valence-electron chi connectivity index (χ3n) is 4.37. The molecule has 1 aliphatic carbocycles. The quantitative estimate of drug-likeness (QED) is 0.890. The Kier molecular flexibility index (Phi) is 3.94. The van der Waals surface area contributed by atoms with E-state index >= 15 is 0 Å². The van der Waals surface area contributed by atoms with Gasteiger partial charge in [-0.25, -0.2) is 4.39 Å². The summed E-state index contributed by atoms with van der Waals surface area (Å²) in [5.74, 6) is -0.122. The summed E-state index contributed by atoms with van der Waals surface area (Å²) in [7, 11) is 4.23. The smallest absolute Gasteiger partial charge is 0.125 e. The van der Waals surface area contributed by atoms with Crippen LogP contribution in [0.1, 0.15) is 24.8 Å². The molecule has 0 radical (unpaired) electrons. The fraction of sp³-hybridized carbons (Fsp3) is 0.625. The Morgan fingerprint density at radius 3 is 2.70 bits per heavy atom. The highest BCUT2D eigenvalue weighted by Crippen LogP contribution is 2.25. The monoisotopic (exact) mass is 277 g/mol. The molecule has 110 valence electrons. The van der Waals surface area contributed by atoms with E-state index in [-0.39, 0.29) is 5.82 Å². The molecule has 1 aliphatic heterocycles. The zero-order valence-electron chi connectivity index (χ0n) is 12.4. The molecule has 1 aromatic rings. The molecule has 1 saturated carbocycles. The van der Waals surface area contributed by atoms with E-state index in [9.17, 15) is 4.39 Å². The third-order valence-corrected chi connectivity index (χ3v) is 4.37. The lowest BCUT2D eigenvalue weighted by molar-refractivity contribution is 0.315. The minimum absolute atomic E-state index is 0.122. The zero-order chi connectivity index (χ0) is 14.1. The lowest BCUT2D eigenvalue weighted by Crippen LogP contribution is -2.31. The Balaban J connectivity index is 1.68. The fourth-order valence-corrected chi connectivity index (χ4v) is 2.87. The molecule has 1 N–H and O–H groups in total. The number of nitrogens with zero attached hydrogens (tertiary/aromatic N) is 2. The number of anilines is 1. The third kappa shape index (κ3) is 3.30. The van der Waals surface area contributed by atoms with E-state index in [0.717, 1.165) is 37.3 Å². The van der Waals surface area contributed by atoms with Crippen LogP contribution < -0.4 is 10.2 Å². The summed E-state index contributed by atoms with van der Waals surface area (Å²) < 4.78 is 13.8. The minimum Gasteiger partial charge on any atom is -0.370 e. The Hall–Kier alpha value is -1.13. The summed E-state index contributed by atoms with van der Waals surface area (Å²) >= 11 is 0. The molecule has 1 heterocycles. The van der Waals surface area contributed by atoms with Crippen LogP contribution in [-0.4, -0.2) is 44.2 Å². The highest BCUT2D eigenvalue weighted by molar-refractivity contribution is 5.50. The number of rotatable bonds is 5. The van der Waals surface area contributed by atoms with Gasteiger partial charge in [0.2, 0.25) is 0 Å². The Labute approximate surface area is 120 Å². The molecular formula is C16H24FN3. The second kappa shape index (κ2) is 5.70. The molecule has 3 rings (SSSR count). The van der Waals surface area contributed by atoms with Crippen molar-refractivity contribution in [2.75, 3.05) is 32.1 Å². The first-order valence-corrected chi connectivity index (χ1v) is 7.56. The lowest BCUT2D eigenvalue weighted by atomic mass is 10.1. The van der Waals surface area contributed by atoms with Crippen molar-refractivity contribution in [2.45, 2.75) is 37.9 Å². The van der Waals surface area contributed by atoms with Gasteiger partial charge in [-0.05, 0) is 57.1 Å². The minimum atomic E-state index is -0.122. The van der Waals surface area contributed by atoms with Crippen LogP contribution in [0.5, 0.6) is 0 Å². The van der Waals surface area contributed by atoms with E-state index in [2.05, 4.69) is 35.3 Å². The van der Waals surface area contributed by atoms with Crippen LogP contribution in [0.3, 0.4) is 0 Å². The molecule has 0 bridgehead atoms. The predicted octanol–water partition coefficient (Wildman–Crippen LogP) is 2.22. The van der Waals surface area contributed by atoms with E-state index in [1.54, 1.807) is 12.1 Å². The largest absolute Gasteiger partial charge is 0.370 e. The van der Waals surface area contributed by atoms with Crippen LogP contribution in [0.4, 0.5) is 10.1 Å². The number of likely N-dealkylation sites (N-methyl/N-ethyl adjacent to an activating group) is 1. The van der Waals surface area contributed by atoms with Crippen LogP contribution >= 0.6 is 0 Å². The Morgan fingerprint density at radius 2 is 2.05 bits per heavy atom. The van der Waals surface area contributed by atoms with Gasteiger partial charge in [-0.1, -0.05) is 0 Å². The van der Waals surface area contributed by atoms with Gasteiger partial charge in [-0.3, -0.25) is 0 Å². The summed E-state index contributed by atoms with van der Waals surface area (Å²) in [4.78, 5) is 4.56. The number of halogens is 1. The summed E-state index contributed by atoms with van der Waals surface area (Å²) in [6.45, 7) is 2.79.